The molecule has 0 saturated heterocycles. The minimum atomic E-state index is -0.716. The van der Waals surface area contributed by atoms with Crippen LogP contribution in [0.4, 0.5) is 36.5 Å². The number of pyridine rings is 1. The van der Waals surface area contributed by atoms with Gasteiger partial charge in [0.05, 0.1) is 11.9 Å². The number of amides is 2. The van der Waals surface area contributed by atoms with Gasteiger partial charge in [-0.25, -0.2) is 18.6 Å². The highest BCUT2D eigenvalue weighted by Gasteiger charge is 2.09. The van der Waals surface area contributed by atoms with Gasteiger partial charge in [-0.15, -0.1) is 0 Å². The van der Waals surface area contributed by atoms with Crippen molar-refractivity contribution >= 4 is 28.9 Å². The molecule has 0 saturated carbocycles. The van der Waals surface area contributed by atoms with Gasteiger partial charge in [-0.3, -0.25) is 0 Å². The first-order chi connectivity index (χ1) is 12.1. The molecule has 2 aromatic carbocycles. The summed E-state index contributed by atoms with van der Waals surface area (Å²) in [4.78, 5) is 15.9. The van der Waals surface area contributed by atoms with Crippen LogP contribution in [-0.4, -0.2) is 11.0 Å². The van der Waals surface area contributed by atoms with Gasteiger partial charge in [0.15, 0.2) is 0 Å². The highest BCUT2D eigenvalue weighted by molar-refractivity contribution is 5.99. The monoisotopic (exact) mass is 340 g/mol. The van der Waals surface area contributed by atoms with Crippen molar-refractivity contribution in [1.29, 1.82) is 0 Å². The zero-order valence-electron chi connectivity index (χ0n) is 13.0. The van der Waals surface area contributed by atoms with Gasteiger partial charge in [0, 0.05) is 5.69 Å². The number of nitrogens with one attached hydrogen (secondary N) is 3. The van der Waals surface area contributed by atoms with Crippen LogP contribution in [0.25, 0.3) is 0 Å². The quantitative estimate of drug-likeness (QED) is 0.642. The smallest absolute Gasteiger partial charge is 0.323 e. The van der Waals surface area contributed by atoms with Gasteiger partial charge in [-0.05, 0) is 36.4 Å². The first-order valence-corrected chi connectivity index (χ1v) is 7.42. The Labute approximate surface area is 142 Å². The number of nitrogens with zero attached hydrogens (tertiary/aromatic N) is 1. The second kappa shape index (κ2) is 7.39. The molecular weight excluding hydrogens is 326 g/mol. The maximum atomic E-state index is 13.6. The molecule has 0 aliphatic rings. The Hall–Kier alpha value is -3.48. The molecule has 0 atom stereocenters. The van der Waals surface area contributed by atoms with Crippen molar-refractivity contribution in [1.82, 2.24) is 4.98 Å². The lowest BCUT2D eigenvalue weighted by Crippen LogP contribution is -2.19. The summed E-state index contributed by atoms with van der Waals surface area (Å²) in [6, 6.07) is 15.2. The van der Waals surface area contributed by atoms with E-state index in [4.69, 9.17) is 0 Å². The van der Waals surface area contributed by atoms with E-state index in [1.54, 1.807) is 30.3 Å². The van der Waals surface area contributed by atoms with Crippen molar-refractivity contribution in [2.45, 2.75) is 0 Å². The molecule has 2 amide bonds. The van der Waals surface area contributed by atoms with Crippen LogP contribution in [0, 0.1) is 11.6 Å². The molecule has 126 valence electrons. The van der Waals surface area contributed by atoms with Crippen LogP contribution in [0.2, 0.25) is 0 Å². The van der Waals surface area contributed by atoms with Crippen molar-refractivity contribution in [3.63, 3.8) is 0 Å². The highest BCUT2D eigenvalue weighted by Crippen LogP contribution is 2.22. The fourth-order valence-electron chi connectivity index (χ4n) is 2.10. The summed E-state index contributed by atoms with van der Waals surface area (Å²) < 4.78 is 27.2. The molecule has 0 aliphatic heterocycles. The molecule has 0 spiro atoms. The Morgan fingerprint density at radius 2 is 1.48 bits per heavy atom. The van der Waals surface area contributed by atoms with Gasteiger partial charge in [0.25, 0.3) is 0 Å². The Morgan fingerprint density at radius 1 is 0.800 bits per heavy atom. The number of rotatable bonds is 4. The fraction of sp³-hybridized carbons (Fsp3) is 0. The largest absolute Gasteiger partial charge is 0.335 e. The second-order valence-electron chi connectivity index (χ2n) is 5.10. The Balaban J connectivity index is 1.63. The molecule has 5 nitrogen and oxygen atoms in total. The molecule has 1 heterocycles. The van der Waals surface area contributed by atoms with Gasteiger partial charge in [-0.1, -0.05) is 24.3 Å². The summed E-state index contributed by atoms with van der Waals surface area (Å²) in [7, 11) is 0. The standard InChI is InChI=1S/C18H14F2N4O/c19-14-7-4-8-15(20)17(14)24-16-10-9-13(11-21-16)23-18(25)22-12-5-2-1-3-6-12/h1-11H,(H,21,24)(H2,22,23,25). The van der Waals surface area contributed by atoms with Crippen molar-refractivity contribution in [3.05, 3.63) is 78.5 Å². The number of para-hydroxylation sites is 2. The SMILES string of the molecule is O=C(Nc1ccccc1)Nc1ccc(Nc2c(F)cccc2F)nc1. The predicted molar refractivity (Wildman–Crippen MR) is 93.0 cm³/mol. The van der Waals surface area contributed by atoms with Crippen LogP contribution in [0.15, 0.2) is 66.9 Å². The Morgan fingerprint density at radius 3 is 2.12 bits per heavy atom. The van der Waals surface area contributed by atoms with Crippen LogP contribution in [0.3, 0.4) is 0 Å². The van der Waals surface area contributed by atoms with Crippen LogP contribution in [0.1, 0.15) is 0 Å². The molecule has 3 N–H and O–H groups in total. The van der Waals surface area contributed by atoms with E-state index < -0.39 is 17.7 Å². The van der Waals surface area contributed by atoms with E-state index in [0.717, 1.165) is 12.1 Å². The average molecular weight is 340 g/mol. The van der Waals surface area contributed by atoms with Crippen molar-refractivity contribution < 1.29 is 13.6 Å². The number of anilines is 4. The lowest BCUT2D eigenvalue weighted by Gasteiger charge is -2.10. The number of hydrogen-bond donors (Lipinski definition) is 3. The minimum absolute atomic E-state index is 0.248. The first kappa shape index (κ1) is 16.4. The molecule has 0 radical (unpaired) electrons. The maximum absolute atomic E-state index is 13.6. The molecule has 0 unspecified atom stereocenters. The van der Waals surface area contributed by atoms with Crippen LogP contribution in [-0.2, 0) is 0 Å². The van der Waals surface area contributed by atoms with Crippen molar-refractivity contribution in [2.75, 3.05) is 16.0 Å². The lowest BCUT2D eigenvalue weighted by molar-refractivity contribution is 0.262. The van der Waals surface area contributed by atoms with Gasteiger partial charge in [0.1, 0.15) is 23.1 Å². The van der Waals surface area contributed by atoms with Gasteiger partial charge in [-0.2, -0.15) is 0 Å². The van der Waals surface area contributed by atoms with Crippen molar-refractivity contribution in [2.24, 2.45) is 0 Å². The summed E-state index contributed by atoms with van der Waals surface area (Å²) in [6.45, 7) is 0. The van der Waals surface area contributed by atoms with Crippen LogP contribution < -0.4 is 16.0 Å². The lowest BCUT2D eigenvalue weighted by atomic mass is 10.3. The van der Waals surface area contributed by atoms with E-state index in [1.807, 2.05) is 6.07 Å². The topological polar surface area (TPSA) is 66.1 Å². The maximum Gasteiger partial charge on any atom is 0.323 e. The van der Waals surface area contributed by atoms with Gasteiger partial charge in [0.2, 0.25) is 0 Å². The van der Waals surface area contributed by atoms with E-state index in [0.29, 0.717) is 11.4 Å². The number of aromatic nitrogens is 1. The first-order valence-electron chi connectivity index (χ1n) is 7.42. The van der Waals surface area contributed by atoms with Gasteiger partial charge < -0.3 is 16.0 Å². The molecular formula is C18H14F2N4O. The number of benzene rings is 2. The number of hydrogen-bond acceptors (Lipinski definition) is 3. The molecule has 1 aromatic heterocycles. The molecule has 3 aromatic rings. The Kier molecular flexibility index (Phi) is 4.84. The second-order valence-corrected chi connectivity index (χ2v) is 5.10. The third-order valence-corrected chi connectivity index (χ3v) is 3.27. The molecule has 3 rings (SSSR count). The number of carbonyl (C=O) groups excluding carboxylic acids is 1. The zero-order valence-corrected chi connectivity index (χ0v) is 13.0. The zero-order chi connectivity index (χ0) is 17.6. The summed E-state index contributed by atoms with van der Waals surface area (Å²) in [5, 5.41) is 7.85. The van der Waals surface area contributed by atoms with Crippen LogP contribution in [0.5, 0.6) is 0 Å². The highest BCUT2D eigenvalue weighted by atomic mass is 19.1. The van der Waals surface area contributed by atoms with E-state index in [-0.39, 0.29) is 11.5 Å². The molecule has 0 bridgehead atoms. The third-order valence-electron chi connectivity index (χ3n) is 3.27. The number of carbonyl (C=O) groups is 1. The van der Waals surface area contributed by atoms with E-state index >= 15 is 0 Å². The summed E-state index contributed by atoms with van der Waals surface area (Å²) in [5.41, 5.74) is 0.812. The molecule has 7 heteroatoms. The molecule has 25 heavy (non-hydrogen) atoms. The third kappa shape index (κ3) is 4.29. The van der Waals surface area contributed by atoms with E-state index in [2.05, 4.69) is 20.9 Å². The van der Waals surface area contributed by atoms with E-state index in [1.165, 1.54) is 18.3 Å². The van der Waals surface area contributed by atoms with Crippen molar-refractivity contribution in [3.8, 4) is 0 Å². The summed E-state index contributed by atoms with van der Waals surface area (Å²) in [5.74, 6) is -1.18. The predicted octanol–water partition coefficient (Wildman–Crippen LogP) is 4.75. The summed E-state index contributed by atoms with van der Waals surface area (Å²) in [6.07, 6.45) is 1.38. The fourth-order valence-corrected chi connectivity index (χ4v) is 2.10. The minimum Gasteiger partial charge on any atom is -0.335 e. The van der Waals surface area contributed by atoms with Crippen LogP contribution >= 0.6 is 0 Å². The van der Waals surface area contributed by atoms with Gasteiger partial charge >= 0.3 is 6.03 Å². The Bertz CT molecular complexity index is 850. The molecule has 0 aliphatic carbocycles. The van der Waals surface area contributed by atoms with E-state index in [9.17, 15) is 13.6 Å². The number of halogens is 2. The average Bonchev–Trinajstić information content (AvgIpc) is 2.60. The molecule has 0 fully saturated rings. The normalized spacial score (nSPS) is 10.2. The summed E-state index contributed by atoms with van der Waals surface area (Å²) >= 11 is 0. The number of urea groups is 1.